The number of halogens is 1. The number of amides is 1. The fourth-order valence-electron chi connectivity index (χ4n) is 2.84. The van der Waals surface area contributed by atoms with Crippen molar-refractivity contribution in [2.75, 3.05) is 18.0 Å². The number of methoxy groups -OCH3 is 1. The van der Waals surface area contributed by atoms with Crippen LogP contribution in [0, 0.1) is 6.92 Å². The van der Waals surface area contributed by atoms with Crippen molar-refractivity contribution in [2.24, 2.45) is 0 Å². The summed E-state index contributed by atoms with van der Waals surface area (Å²) in [5, 5.41) is 2.94. The molecule has 0 saturated carbocycles. The summed E-state index contributed by atoms with van der Waals surface area (Å²) < 4.78 is 32.9. The second-order valence-corrected chi connectivity index (χ2v) is 9.01. The summed E-state index contributed by atoms with van der Waals surface area (Å²) in [7, 11) is -2.56. The van der Waals surface area contributed by atoms with Gasteiger partial charge in [-0.15, -0.1) is 0 Å². The molecule has 0 unspecified atom stereocenters. The topological polar surface area (TPSA) is 88.6 Å². The minimum atomic E-state index is -4.03. The number of hydrogen-bond acceptors (Lipinski definition) is 5. The summed E-state index contributed by atoms with van der Waals surface area (Å²) in [5.74, 6) is -0.0778. The molecule has 0 aliphatic carbocycles. The first kappa shape index (κ1) is 22.6. The van der Waals surface area contributed by atoms with Crippen LogP contribution in [0.15, 0.2) is 71.8 Å². The molecule has 1 amide bonds. The minimum absolute atomic E-state index is 0.0718. The lowest BCUT2D eigenvalue weighted by Gasteiger charge is -2.24. The van der Waals surface area contributed by atoms with Gasteiger partial charge >= 0.3 is 0 Å². The average Bonchev–Trinajstić information content (AvgIpc) is 2.77. The number of nitrogens with zero attached hydrogens (tertiary/aromatic N) is 2. The quantitative estimate of drug-likeness (QED) is 0.556. The van der Waals surface area contributed by atoms with Crippen molar-refractivity contribution in [3.05, 3.63) is 83.1 Å². The highest BCUT2D eigenvalue weighted by Crippen LogP contribution is 2.31. The number of nitrogens with one attached hydrogen (secondary N) is 1. The Morgan fingerprint density at radius 1 is 1.13 bits per heavy atom. The van der Waals surface area contributed by atoms with Gasteiger partial charge in [0.15, 0.2) is 0 Å². The number of aromatic nitrogens is 1. The van der Waals surface area contributed by atoms with Crippen LogP contribution in [-0.2, 0) is 21.4 Å². The molecule has 0 aliphatic rings. The van der Waals surface area contributed by atoms with E-state index in [0.717, 1.165) is 9.87 Å². The highest BCUT2D eigenvalue weighted by atomic mass is 35.5. The van der Waals surface area contributed by atoms with E-state index in [-0.39, 0.29) is 22.2 Å². The predicted octanol–water partition coefficient (Wildman–Crippen LogP) is 3.56. The lowest BCUT2D eigenvalue weighted by atomic mass is 10.2. The van der Waals surface area contributed by atoms with Crippen LogP contribution in [0.5, 0.6) is 5.75 Å². The first-order valence-electron chi connectivity index (χ1n) is 9.41. The predicted molar refractivity (Wildman–Crippen MR) is 120 cm³/mol. The molecule has 0 bridgehead atoms. The van der Waals surface area contributed by atoms with E-state index in [1.807, 2.05) is 13.0 Å². The van der Waals surface area contributed by atoms with Gasteiger partial charge in [0, 0.05) is 6.20 Å². The molecule has 2 aromatic carbocycles. The number of carbonyl (C=O) groups excluding carboxylic acids is 1. The van der Waals surface area contributed by atoms with E-state index in [2.05, 4.69) is 10.3 Å². The molecule has 162 valence electrons. The van der Waals surface area contributed by atoms with E-state index < -0.39 is 22.5 Å². The molecule has 0 atom stereocenters. The van der Waals surface area contributed by atoms with Crippen molar-refractivity contribution < 1.29 is 17.9 Å². The minimum Gasteiger partial charge on any atom is -0.495 e. The normalized spacial score (nSPS) is 11.1. The maximum Gasteiger partial charge on any atom is 0.264 e. The molecule has 3 aromatic rings. The third-order valence-electron chi connectivity index (χ3n) is 4.51. The largest absolute Gasteiger partial charge is 0.495 e. The summed E-state index contributed by atoms with van der Waals surface area (Å²) in [5.41, 5.74) is 1.83. The third kappa shape index (κ3) is 5.53. The van der Waals surface area contributed by atoms with Crippen molar-refractivity contribution in [3.8, 4) is 5.75 Å². The lowest BCUT2D eigenvalue weighted by molar-refractivity contribution is -0.119. The average molecular weight is 460 g/mol. The fraction of sp³-hybridized carbons (Fsp3) is 0.182. The van der Waals surface area contributed by atoms with E-state index >= 15 is 0 Å². The molecule has 0 aliphatic heterocycles. The highest BCUT2D eigenvalue weighted by molar-refractivity contribution is 7.92. The van der Waals surface area contributed by atoms with Gasteiger partial charge in [0.1, 0.15) is 12.3 Å². The van der Waals surface area contributed by atoms with Crippen LogP contribution in [0.3, 0.4) is 0 Å². The lowest BCUT2D eigenvalue weighted by Crippen LogP contribution is -2.40. The smallest absolute Gasteiger partial charge is 0.264 e. The Labute approximate surface area is 186 Å². The maximum absolute atomic E-state index is 13.4. The van der Waals surface area contributed by atoms with Gasteiger partial charge in [-0.3, -0.25) is 14.1 Å². The second-order valence-electron chi connectivity index (χ2n) is 6.74. The van der Waals surface area contributed by atoms with Crippen LogP contribution in [0.1, 0.15) is 11.3 Å². The van der Waals surface area contributed by atoms with Gasteiger partial charge in [-0.2, -0.15) is 0 Å². The maximum atomic E-state index is 13.4. The Morgan fingerprint density at radius 2 is 1.87 bits per heavy atom. The molecular formula is C22H22ClN3O4S. The Bertz CT molecular complexity index is 1150. The van der Waals surface area contributed by atoms with E-state index in [1.165, 1.54) is 25.3 Å². The van der Waals surface area contributed by atoms with Gasteiger partial charge in [0.05, 0.1) is 35.0 Å². The van der Waals surface area contributed by atoms with Crippen LogP contribution < -0.4 is 14.4 Å². The molecule has 3 rings (SSSR count). The number of sulfonamides is 1. The molecule has 0 radical (unpaired) electrons. The van der Waals surface area contributed by atoms with Crippen LogP contribution in [-0.4, -0.2) is 33.0 Å². The monoisotopic (exact) mass is 459 g/mol. The fourth-order valence-corrected chi connectivity index (χ4v) is 4.51. The first-order chi connectivity index (χ1) is 14.8. The SMILES string of the molecule is COc1ccc(N(CC(=O)NCc2ccccn2)S(=O)(=O)c2ccc(C)cc2)cc1Cl. The molecule has 1 aromatic heterocycles. The van der Waals surface area contributed by atoms with Crippen LogP contribution in [0.4, 0.5) is 5.69 Å². The third-order valence-corrected chi connectivity index (χ3v) is 6.60. The number of pyridine rings is 1. The molecule has 0 fully saturated rings. The van der Waals surface area contributed by atoms with E-state index in [4.69, 9.17) is 16.3 Å². The van der Waals surface area contributed by atoms with E-state index in [1.54, 1.807) is 42.6 Å². The van der Waals surface area contributed by atoms with Crippen molar-refractivity contribution >= 4 is 33.2 Å². The Kier molecular flexibility index (Phi) is 7.14. The summed E-state index contributed by atoms with van der Waals surface area (Å²) in [6.07, 6.45) is 1.62. The van der Waals surface area contributed by atoms with Gasteiger partial charge in [-0.05, 0) is 49.4 Å². The summed E-state index contributed by atoms with van der Waals surface area (Å²) in [6.45, 7) is 1.62. The summed E-state index contributed by atoms with van der Waals surface area (Å²) in [6, 6.07) is 16.3. The zero-order valence-electron chi connectivity index (χ0n) is 17.1. The zero-order chi connectivity index (χ0) is 22.4. The number of anilines is 1. The van der Waals surface area contributed by atoms with Crippen LogP contribution in [0.2, 0.25) is 5.02 Å². The number of ether oxygens (including phenoxy) is 1. The summed E-state index contributed by atoms with van der Waals surface area (Å²) in [4.78, 5) is 16.9. The van der Waals surface area contributed by atoms with Crippen LogP contribution in [0.25, 0.3) is 0 Å². The Morgan fingerprint density at radius 3 is 2.48 bits per heavy atom. The number of aryl methyl sites for hydroxylation is 1. The number of hydrogen-bond donors (Lipinski definition) is 1. The van der Waals surface area contributed by atoms with E-state index in [9.17, 15) is 13.2 Å². The molecule has 0 saturated heterocycles. The second kappa shape index (κ2) is 9.80. The number of rotatable bonds is 8. The molecule has 1 N–H and O–H groups in total. The first-order valence-corrected chi connectivity index (χ1v) is 11.2. The highest BCUT2D eigenvalue weighted by Gasteiger charge is 2.27. The van der Waals surface area contributed by atoms with Crippen molar-refractivity contribution in [2.45, 2.75) is 18.4 Å². The molecular weight excluding hydrogens is 438 g/mol. The Balaban J connectivity index is 1.91. The number of benzene rings is 2. The van der Waals surface area contributed by atoms with Crippen LogP contribution >= 0.6 is 11.6 Å². The Hall–Kier alpha value is -3.10. The summed E-state index contributed by atoms with van der Waals surface area (Å²) >= 11 is 6.21. The number of carbonyl (C=O) groups is 1. The molecule has 0 spiro atoms. The van der Waals surface area contributed by atoms with Gasteiger partial charge in [0.25, 0.3) is 10.0 Å². The molecule has 1 heterocycles. The van der Waals surface area contributed by atoms with Gasteiger partial charge < -0.3 is 10.1 Å². The van der Waals surface area contributed by atoms with E-state index in [0.29, 0.717) is 11.4 Å². The molecule has 7 nitrogen and oxygen atoms in total. The van der Waals surface area contributed by atoms with Gasteiger partial charge in [-0.25, -0.2) is 8.42 Å². The zero-order valence-corrected chi connectivity index (χ0v) is 18.7. The standard InChI is InChI=1S/C22H22ClN3O4S/c1-16-6-9-19(10-7-16)31(28,29)26(18-8-11-21(30-2)20(23)13-18)15-22(27)25-14-17-5-3-4-12-24-17/h3-13H,14-15H2,1-2H3,(H,25,27). The molecule has 9 heteroatoms. The van der Waals surface area contributed by atoms with Gasteiger partial charge in [-0.1, -0.05) is 35.4 Å². The van der Waals surface area contributed by atoms with Crippen molar-refractivity contribution in [1.82, 2.24) is 10.3 Å². The van der Waals surface area contributed by atoms with Crippen molar-refractivity contribution in [3.63, 3.8) is 0 Å². The molecule has 31 heavy (non-hydrogen) atoms. The van der Waals surface area contributed by atoms with Crippen molar-refractivity contribution in [1.29, 1.82) is 0 Å². The van der Waals surface area contributed by atoms with Gasteiger partial charge in [0.2, 0.25) is 5.91 Å².